The Labute approximate surface area is 108 Å². The molecule has 1 aliphatic carbocycles. The second-order valence-electron chi connectivity index (χ2n) is 6.11. The van der Waals surface area contributed by atoms with E-state index >= 15 is 0 Å². The van der Waals surface area contributed by atoms with E-state index in [-0.39, 0.29) is 29.1 Å². The summed E-state index contributed by atoms with van der Waals surface area (Å²) in [5, 5.41) is 2.50. The Morgan fingerprint density at radius 3 is 2.39 bits per heavy atom. The number of piperidine rings is 1. The lowest BCUT2D eigenvalue weighted by Gasteiger charge is -2.48. The molecule has 2 aliphatic rings. The van der Waals surface area contributed by atoms with E-state index in [2.05, 4.69) is 19.2 Å². The lowest BCUT2D eigenvalue weighted by molar-refractivity contribution is -0.149. The number of nitrogens with one attached hydrogen (secondary N) is 1. The maximum absolute atomic E-state index is 12.1. The Morgan fingerprint density at radius 2 is 1.89 bits per heavy atom. The van der Waals surface area contributed by atoms with Gasteiger partial charge in [0.1, 0.15) is 0 Å². The summed E-state index contributed by atoms with van der Waals surface area (Å²) in [5.41, 5.74) is -0.122. The summed E-state index contributed by atoms with van der Waals surface area (Å²) in [6.45, 7) is 4.15. The van der Waals surface area contributed by atoms with E-state index in [1.807, 2.05) is 0 Å². The molecule has 0 aromatic heterocycles. The number of methoxy groups -OCH3 is 1. The van der Waals surface area contributed by atoms with Crippen LogP contribution in [0.15, 0.2) is 0 Å². The normalized spacial score (nSPS) is 37.1. The Morgan fingerprint density at radius 1 is 1.28 bits per heavy atom. The van der Waals surface area contributed by atoms with Crippen LogP contribution >= 0.6 is 0 Å². The maximum atomic E-state index is 12.1. The van der Waals surface area contributed by atoms with Crippen LogP contribution in [0.5, 0.6) is 0 Å². The zero-order chi connectivity index (χ0) is 13.3. The van der Waals surface area contributed by atoms with Crippen molar-refractivity contribution in [3.05, 3.63) is 0 Å². The van der Waals surface area contributed by atoms with Gasteiger partial charge in [0.05, 0.1) is 6.10 Å². The lowest BCUT2D eigenvalue weighted by Crippen LogP contribution is -2.55. The second-order valence-corrected chi connectivity index (χ2v) is 6.11. The third-order valence-electron chi connectivity index (χ3n) is 4.65. The van der Waals surface area contributed by atoms with Gasteiger partial charge in [0.15, 0.2) is 0 Å². The molecule has 0 aromatic carbocycles. The van der Waals surface area contributed by atoms with Gasteiger partial charge in [-0.3, -0.25) is 14.9 Å². The number of hydrogen-bond acceptors (Lipinski definition) is 3. The van der Waals surface area contributed by atoms with Gasteiger partial charge >= 0.3 is 0 Å². The molecule has 1 N–H and O–H groups in total. The summed E-state index contributed by atoms with van der Waals surface area (Å²) in [5.74, 6) is 0.0649. The Balaban J connectivity index is 2.21. The summed E-state index contributed by atoms with van der Waals surface area (Å²) in [6, 6.07) is 0. The predicted octanol–water partition coefficient (Wildman–Crippen LogP) is 1.88. The Kier molecular flexibility index (Phi) is 3.76. The average molecular weight is 253 g/mol. The maximum Gasteiger partial charge on any atom is 0.230 e. The van der Waals surface area contributed by atoms with E-state index < -0.39 is 0 Å². The van der Waals surface area contributed by atoms with Crippen molar-refractivity contribution in [1.82, 2.24) is 5.32 Å². The molecule has 2 rings (SSSR count). The molecule has 4 heteroatoms. The van der Waals surface area contributed by atoms with Crippen LogP contribution in [-0.2, 0) is 14.3 Å². The van der Waals surface area contributed by atoms with Gasteiger partial charge in [-0.05, 0) is 37.0 Å². The van der Waals surface area contributed by atoms with Crippen LogP contribution in [0.1, 0.15) is 46.0 Å². The number of carbonyl (C=O) groups excluding carboxylic acids is 2. The van der Waals surface area contributed by atoms with Crippen LogP contribution < -0.4 is 5.32 Å². The molecule has 4 nitrogen and oxygen atoms in total. The van der Waals surface area contributed by atoms with Crippen LogP contribution in [0, 0.1) is 17.3 Å². The van der Waals surface area contributed by atoms with Crippen molar-refractivity contribution in [1.29, 1.82) is 0 Å². The van der Waals surface area contributed by atoms with E-state index in [1.165, 1.54) is 0 Å². The number of imide groups is 1. The van der Waals surface area contributed by atoms with E-state index in [9.17, 15) is 9.59 Å². The topological polar surface area (TPSA) is 55.4 Å². The van der Waals surface area contributed by atoms with Crippen molar-refractivity contribution in [2.75, 3.05) is 7.11 Å². The smallest absolute Gasteiger partial charge is 0.230 e. The molecule has 0 bridgehead atoms. The SMILES string of the molecule is COC1CCC2(CC1)CC(=O)NC(=O)C2C(C)C. The average Bonchev–Trinajstić information content (AvgIpc) is 2.28. The first-order chi connectivity index (χ1) is 8.48. The molecule has 0 radical (unpaired) electrons. The summed E-state index contributed by atoms with van der Waals surface area (Å²) in [6.07, 6.45) is 4.56. The fourth-order valence-corrected chi connectivity index (χ4v) is 3.87. The van der Waals surface area contributed by atoms with E-state index in [0.717, 1.165) is 25.7 Å². The molecule has 1 saturated carbocycles. The number of carbonyl (C=O) groups is 2. The van der Waals surface area contributed by atoms with Crippen LogP contribution in [-0.4, -0.2) is 25.0 Å². The number of ether oxygens (including phenoxy) is 1. The van der Waals surface area contributed by atoms with Crippen LogP contribution in [0.3, 0.4) is 0 Å². The molecule has 2 fully saturated rings. The molecule has 1 atom stereocenters. The van der Waals surface area contributed by atoms with Gasteiger partial charge in [-0.2, -0.15) is 0 Å². The highest BCUT2D eigenvalue weighted by molar-refractivity contribution is 5.99. The third-order valence-corrected chi connectivity index (χ3v) is 4.65. The molecule has 18 heavy (non-hydrogen) atoms. The fraction of sp³-hybridized carbons (Fsp3) is 0.857. The first-order valence-electron chi connectivity index (χ1n) is 6.85. The van der Waals surface area contributed by atoms with E-state index in [0.29, 0.717) is 12.5 Å². The van der Waals surface area contributed by atoms with E-state index in [1.54, 1.807) is 7.11 Å². The summed E-state index contributed by atoms with van der Waals surface area (Å²) < 4.78 is 5.39. The zero-order valence-electron chi connectivity index (χ0n) is 11.5. The molecule has 1 aliphatic heterocycles. The van der Waals surface area contributed by atoms with Gasteiger partial charge in [0, 0.05) is 19.4 Å². The summed E-state index contributed by atoms with van der Waals surface area (Å²) in [4.78, 5) is 23.8. The minimum atomic E-state index is -0.122. The van der Waals surface area contributed by atoms with Gasteiger partial charge in [-0.1, -0.05) is 13.8 Å². The zero-order valence-corrected chi connectivity index (χ0v) is 11.5. The summed E-state index contributed by atoms with van der Waals surface area (Å²) >= 11 is 0. The molecular weight excluding hydrogens is 230 g/mol. The predicted molar refractivity (Wildman–Crippen MR) is 67.8 cm³/mol. The van der Waals surface area contributed by atoms with Crippen molar-refractivity contribution in [3.63, 3.8) is 0 Å². The standard InChI is InChI=1S/C14H23NO3/c1-9(2)12-13(17)15-11(16)8-14(12)6-4-10(18-3)5-7-14/h9-10,12H,4-8H2,1-3H3,(H,15,16,17). The number of hydrogen-bond donors (Lipinski definition) is 1. The fourth-order valence-electron chi connectivity index (χ4n) is 3.87. The van der Waals surface area contributed by atoms with Gasteiger partial charge in [-0.25, -0.2) is 0 Å². The highest BCUT2D eigenvalue weighted by Gasteiger charge is 2.50. The van der Waals surface area contributed by atoms with Crippen molar-refractivity contribution >= 4 is 11.8 Å². The highest BCUT2D eigenvalue weighted by Crippen LogP contribution is 2.50. The van der Waals surface area contributed by atoms with Gasteiger partial charge in [-0.15, -0.1) is 0 Å². The first kappa shape index (κ1) is 13.5. The quantitative estimate of drug-likeness (QED) is 0.764. The largest absolute Gasteiger partial charge is 0.381 e. The second kappa shape index (κ2) is 5.00. The van der Waals surface area contributed by atoms with Crippen molar-refractivity contribution in [2.45, 2.75) is 52.1 Å². The lowest BCUT2D eigenvalue weighted by atomic mass is 9.58. The molecule has 2 amide bonds. The molecule has 102 valence electrons. The third kappa shape index (κ3) is 2.30. The number of rotatable bonds is 2. The van der Waals surface area contributed by atoms with Gasteiger partial charge < -0.3 is 4.74 Å². The molecule has 1 saturated heterocycles. The monoisotopic (exact) mass is 253 g/mol. The van der Waals surface area contributed by atoms with E-state index in [4.69, 9.17) is 4.74 Å². The van der Waals surface area contributed by atoms with Crippen molar-refractivity contribution in [2.24, 2.45) is 17.3 Å². The van der Waals surface area contributed by atoms with Crippen LogP contribution in [0.25, 0.3) is 0 Å². The van der Waals surface area contributed by atoms with Crippen molar-refractivity contribution < 1.29 is 14.3 Å². The molecular formula is C14H23NO3. The number of amides is 2. The first-order valence-corrected chi connectivity index (χ1v) is 6.85. The summed E-state index contributed by atoms with van der Waals surface area (Å²) in [7, 11) is 1.74. The minimum absolute atomic E-state index is 0.0343. The highest BCUT2D eigenvalue weighted by atomic mass is 16.5. The Hall–Kier alpha value is -0.900. The van der Waals surface area contributed by atoms with Crippen LogP contribution in [0.4, 0.5) is 0 Å². The molecule has 0 aromatic rings. The molecule has 1 spiro atoms. The molecule has 1 heterocycles. The van der Waals surface area contributed by atoms with Crippen molar-refractivity contribution in [3.8, 4) is 0 Å². The molecule has 1 unspecified atom stereocenters. The van der Waals surface area contributed by atoms with Crippen LogP contribution in [0.2, 0.25) is 0 Å². The van der Waals surface area contributed by atoms with Gasteiger partial charge in [0.25, 0.3) is 0 Å². The van der Waals surface area contributed by atoms with Gasteiger partial charge in [0.2, 0.25) is 11.8 Å². The minimum Gasteiger partial charge on any atom is -0.381 e. The Bertz CT molecular complexity index is 343.